The summed E-state index contributed by atoms with van der Waals surface area (Å²) in [6.07, 6.45) is 5.40. The number of urea groups is 1. The fourth-order valence-electron chi connectivity index (χ4n) is 4.03. The van der Waals surface area contributed by atoms with Crippen LogP contribution in [-0.4, -0.2) is 47.8 Å². The van der Waals surface area contributed by atoms with Gasteiger partial charge in [0.2, 0.25) is 0 Å². The topological polar surface area (TPSA) is 64.6 Å². The maximum Gasteiger partial charge on any atom is 0.315 e. The first-order chi connectivity index (χ1) is 12.0. The van der Waals surface area contributed by atoms with Crippen molar-refractivity contribution in [3.63, 3.8) is 0 Å². The highest BCUT2D eigenvalue weighted by molar-refractivity contribution is 5.74. The molecule has 1 atom stereocenters. The minimum atomic E-state index is -0.674. The minimum absolute atomic E-state index is 0.175. The molecule has 1 heterocycles. The number of carbonyl (C=O) groups excluding carboxylic acids is 1. The second kappa shape index (κ2) is 8.19. The molecular weight excluding hydrogens is 314 g/mol. The van der Waals surface area contributed by atoms with E-state index < -0.39 is 6.10 Å². The zero-order chi connectivity index (χ0) is 17.8. The predicted molar refractivity (Wildman–Crippen MR) is 99.6 cm³/mol. The van der Waals surface area contributed by atoms with E-state index in [0.29, 0.717) is 6.04 Å². The molecule has 0 spiro atoms. The van der Waals surface area contributed by atoms with Crippen molar-refractivity contribution < 1.29 is 9.90 Å². The zero-order valence-corrected chi connectivity index (χ0v) is 15.4. The van der Waals surface area contributed by atoms with Crippen LogP contribution in [0.4, 0.5) is 4.79 Å². The van der Waals surface area contributed by atoms with Crippen molar-refractivity contribution in [2.45, 2.75) is 64.1 Å². The Bertz CT molecular complexity index is 572. The fourth-order valence-corrected chi connectivity index (χ4v) is 4.03. The van der Waals surface area contributed by atoms with Gasteiger partial charge in [-0.1, -0.05) is 35.7 Å². The third-order valence-corrected chi connectivity index (χ3v) is 5.44. The van der Waals surface area contributed by atoms with Gasteiger partial charge in [0.05, 0.1) is 6.10 Å². The van der Waals surface area contributed by atoms with Gasteiger partial charge in [-0.25, -0.2) is 4.79 Å². The quantitative estimate of drug-likeness (QED) is 0.769. The standard InChI is InChI=1S/C20H31N3O2/c1-14-8-15(2)10-16(9-14)19(24)13-21-20(25)22-17-11-18(12-17)23-6-4-3-5-7-23/h8-10,17-19,24H,3-7,11-13H2,1-2H3,(H2,21,22,25)/t17?,18?,19-/m1/s1. The normalized spacial score (nSPS) is 25.1. The van der Waals surface area contributed by atoms with Gasteiger partial charge in [-0.15, -0.1) is 0 Å². The number of hydrogen-bond donors (Lipinski definition) is 3. The van der Waals surface area contributed by atoms with E-state index in [2.05, 4.69) is 21.6 Å². The van der Waals surface area contributed by atoms with Crippen molar-refractivity contribution in [3.05, 3.63) is 34.9 Å². The molecule has 0 aromatic heterocycles. The molecule has 0 unspecified atom stereocenters. The van der Waals surface area contributed by atoms with E-state index in [-0.39, 0.29) is 18.6 Å². The first kappa shape index (κ1) is 18.2. The van der Waals surface area contributed by atoms with Gasteiger partial charge in [0, 0.05) is 18.6 Å². The molecule has 2 fully saturated rings. The number of amides is 2. The molecule has 2 aliphatic rings. The van der Waals surface area contributed by atoms with Crippen molar-refractivity contribution in [2.75, 3.05) is 19.6 Å². The van der Waals surface area contributed by atoms with Crippen LogP contribution in [0, 0.1) is 13.8 Å². The van der Waals surface area contributed by atoms with Gasteiger partial charge in [-0.05, 0) is 58.2 Å². The van der Waals surface area contributed by atoms with E-state index in [1.54, 1.807) is 0 Å². The smallest absolute Gasteiger partial charge is 0.315 e. The highest BCUT2D eigenvalue weighted by Crippen LogP contribution is 2.28. The molecule has 1 aliphatic carbocycles. The SMILES string of the molecule is Cc1cc(C)cc([C@H](O)CNC(=O)NC2CC(N3CCCCC3)C2)c1. The summed E-state index contributed by atoms with van der Waals surface area (Å²) in [4.78, 5) is 14.6. The Balaban J connectivity index is 1.37. The van der Waals surface area contributed by atoms with E-state index in [1.807, 2.05) is 26.0 Å². The average Bonchev–Trinajstić information content (AvgIpc) is 2.55. The van der Waals surface area contributed by atoms with Crippen LogP contribution in [0.5, 0.6) is 0 Å². The summed E-state index contributed by atoms with van der Waals surface area (Å²) in [5, 5.41) is 16.1. The summed E-state index contributed by atoms with van der Waals surface area (Å²) in [5.74, 6) is 0. The monoisotopic (exact) mass is 345 g/mol. The van der Waals surface area contributed by atoms with Gasteiger partial charge in [-0.2, -0.15) is 0 Å². The maximum absolute atomic E-state index is 12.1. The Morgan fingerprint density at radius 2 is 1.80 bits per heavy atom. The van der Waals surface area contributed by atoms with Crippen LogP contribution in [0.15, 0.2) is 18.2 Å². The predicted octanol–water partition coefficient (Wildman–Crippen LogP) is 2.65. The summed E-state index contributed by atoms with van der Waals surface area (Å²) >= 11 is 0. The molecule has 25 heavy (non-hydrogen) atoms. The van der Waals surface area contributed by atoms with Gasteiger partial charge in [0.1, 0.15) is 0 Å². The largest absolute Gasteiger partial charge is 0.387 e. The van der Waals surface area contributed by atoms with Crippen molar-refractivity contribution in [1.29, 1.82) is 0 Å². The second-order valence-corrected chi connectivity index (χ2v) is 7.71. The molecule has 1 saturated carbocycles. The van der Waals surface area contributed by atoms with Crippen LogP contribution in [0.2, 0.25) is 0 Å². The molecule has 3 rings (SSSR count). The van der Waals surface area contributed by atoms with Gasteiger partial charge < -0.3 is 20.6 Å². The highest BCUT2D eigenvalue weighted by atomic mass is 16.3. The molecule has 5 nitrogen and oxygen atoms in total. The molecule has 5 heteroatoms. The molecule has 2 amide bonds. The van der Waals surface area contributed by atoms with Gasteiger partial charge >= 0.3 is 6.03 Å². The molecule has 1 saturated heterocycles. The fraction of sp³-hybridized carbons (Fsp3) is 0.650. The van der Waals surface area contributed by atoms with E-state index in [1.165, 1.54) is 32.4 Å². The summed E-state index contributed by atoms with van der Waals surface area (Å²) in [7, 11) is 0. The number of carbonyl (C=O) groups is 1. The number of hydrogen-bond acceptors (Lipinski definition) is 3. The van der Waals surface area contributed by atoms with Crippen molar-refractivity contribution in [1.82, 2.24) is 15.5 Å². The first-order valence-corrected chi connectivity index (χ1v) is 9.56. The third kappa shape index (κ3) is 4.95. The molecule has 0 bridgehead atoms. The molecule has 1 aromatic carbocycles. The molecule has 138 valence electrons. The zero-order valence-electron chi connectivity index (χ0n) is 15.4. The lowest BCUT2D eigenvalue weighted by Gasteiger charge is -2.44. The molecule has 1 aromatic rings. The van der Waals surface area contributed by atoms with Gasteiger partial charge in [-0.3, -0.25) is 0 Å². The first-order valence-electron chi connectivity index (χ1n) is 9.56. The summed E-state index contributed by atoms with van der Waals surface area (Å²) in [6.45, 7) is 6.69. The number of likely N-dealkylation sites (tertiary alicyclic amines) is 1. The number of benzene rings is 1. The molecule has 0 radical (unpaired) electrons. The van der Waals surface area contributed by atoms with Crippen molar-refractivity contribution in [3.8, 4) is 0 Å². The lowest BCUT2D eigenvalue weighted by Crippen LogP contribution is -2.56. The Labute approximate surface area is 150 Å². The minimum Gasteiger partial charge on any atom is -0.387 e. The second-order valence-electron chi connectivity index (χ2n) is 7.71. The third-order valence-electron chi connectivity index (χ3n) is 5.44. The van der Waals surface area contributed by atoms with Crippen LogP contribution in [0.1, 0.15) is 54.9 Å². The Hall–Kier alpha value is -1.59. The van der Waals surface area contributed by atoms with Crippen LogP contribution < -0.4 is 10.6 Å². The Morgan fingerprint density at radius 1 is 1.16 bits per heavy atom. The van der Waals surface area contributed by atoms with E-state index >= 15 is 0 Å². The summed E-state index contributed by atoms with van der Waals surface area (Å²) in [6, 6.07) is 6.74. The number of aryl methyl sites for hydroxylation is 2. The number of piperidine rings is 1. The summed E-state index contributed by atoms with van der Waals surface area (Å²) < 4.78 is 0. The van der Waals surface area contributed by atoms with Crippen LogP contribution in [0.3, 0.4) is 0 Å². The number of nitrogens with one attached hydrogen (secondary N) is 2. The van der Waals surface area contributed by atoms with Crippen molar-refractivity contribution >= 4 is 6.03 Å². The van der Waals surface area contributed by atoms with Crippen LogP contribution in [0.25, 0.3) is 0 Å². The van der Waals surface area contributed by atoms with E-state index in [0.717, 1.165) is 29.5 Å². The summed E-state index contributed by atoms with van der Waals surface area (Å²) in [5.41, 5.74) is 3.10. The van der Waals surface area contributed by atoms with Crippen LogP contribution in [-0.2, 0) is 0 Å². The molecular formula is C20H31N3O2. The van der Waals surface area contributed by atoms with Gasteiger partial charge in [0.25, 0.3) is 0 Å². The molecule has 1 aliphatic heterocycles. The highest BCUT2D eigenvalue weighted by Gasteiger charge is 2.34. The van der Waals surface area contributed by atoms with Crippen LogP contribution >= 0.6 is 0 Å². The Kier molecular flexibility index (Phi) is 5.97. The van der Waals surface area contributed by atoms with E-state index in [9.17, 15) is 9.90 Å². The number of rotatable bonds is 5. The lowest BCUT2D eigenvalue weighted by molar-refractivity contribution is 0.0809. The average molecular weight is 345 g/mol. The number of aliphatic hydroxyl groups excluding tert-OH is 1. The van der Waals surface area contributed by atoms with Gasteiger partial charge in [0.15, 0.2) is 0 Å². The Morgan fingerprint density at radius 3 is 2.44 bits per heavy atom. The van der Waals surface area contributed by atoms with Crippen molar-refractivity contribution in [2.24, 2.45) is 0 Å². The molecule has 3 N–H and O–H groups in total. The maximum atomic E-state index is 12.1. The number of aliphatic hydroxyl groups is 1. The van der Waals surface area contributed by atoms with E-state index in [4.69, 9.17) is 0 Å². The lowest BCUT2D eigenvalue weighted by atomic mass is 9.84. The number of nitrogens with zero attached hydrogens (tertiary/aromatic N) is 1.